The summed E-state index contributed by atoms with van der Waals surface area (Å²) < 4.78 is 1.77. The van der Waals surface area contributed by atoms with Crippen molar-refractivity contribution >= 4 is 36.2 Å². The Balaban J connectivity index is 0.000000223. The third-order valence-electron chi connectivity index (χ3n) is 3.40. The molecular weight excluding hydrogens is 337 g/mol. The molecule has 2 atom stereocenters. The van der Waals surface area contributed by atoms with Crippen molar-refractivity contribution in [2.45, 2.75) is 18.6 Å². The standard InChI is InChI=1S/C8H8ClN.C8H10N2O2.ClH/c9-10-6-5-7-3-1-2-4-8(7)10;9-7(5-11)8(12)6-1-3-10-4-2-6;/h1-4H,5-6H2;1-5,7-8,12H,9H2;1H. The van der Waals surface area contributed by atoms with Crippen LogP contribution < -0.4 is 10.2 Å². The summed E-state index contributed by atoms with van der Waals surface area (Å²) in [6, 6.07) is 10.6. The maximum absolute atomic E-state index is 10.2. The summed E-state index contributed by atoms with van der Waals surface area (Å²) in [5.74, 6) is 0. The highest BCUT2D eigenvalue weighted by Crippen LogP contribution is 2.28. The molecule has 5 nitrogen and oxygen atoms in total. The van der Waals surface area contributed by atoms with Gasteiger partial charge < -0.3 is 15.6 Å². The number of hydrogen-bond donors (Lipinski definition) is 2. The number of carbonyl (C=O) groups is 1. The quantitative estimate of drug-likeness (QED) is 0.652. The van der Waals surface area contributed by atoms with E-state index in [0.717, 1.165) is 13.0 Å². The van der Waals surface area contributed by atoms with E-state index in [1.54, 1.807) is 16.6 Å². The van der Waals surface area contributed by atoms with Crippen LogP contribution in [0, 0.1) is 0 Å². The van der Waals surface area contributed by atoms with Gasteiger partial charge in [0.15, 0.2) is 0 Å². The molecule has 2 unspecified atom stereocenters. The molecule has 0 fully saturated rings. The lowest BCUT2D eigenvalue weighted by Gasteiger charge is -2.12. The van der Waals surface area contributed by atoms with Crippen LogP contribution in [-0.2, 0) is 11.2 Å². The Labute approximate surface area is 146 Å². The molecule has 0 radical (unpaired) electrons. The zero-order valence-electron chi connectivity index (χ0n) is 12.4. The number of hydrogen-bond acceptors (Lipinski definition) is 5. The van der Waals surface area contributed by atoms with Crippen LogP contribution in [0.2, 0.25) is 0 Å². The predicted octanol–water partition coefficient (Wildman–Crippen LogP) is 2.27. The van der Waals surface area contributed by atoms with Gasteiger partial charge in [0.25, 0.3) is 0 Å². The van der Waals surface area contributed by atoms with Gasteiger partial charge in [0, 0.05) is 30.7 Å². The number of aromatic nitrogens is 1. The number of benzene rings is 1. The number of para-hydroxylation sites is 1. The van der Waals surface area contributed by atoms with E-state index in [0.29, 0.717) is 11.8 Å². The molecule has 0 spiro atoms. The van der Waals surface area contributed by atoms with Gasteiger partial charge in [-0.2, -0.15) is 0 Å². The Morgan fingerprint density at radius 1 is 1.26 bits per heavy atom. The summed E-state index contributed by atoms with van der Waals surface area (Å²) in [5, 5.41) is 9.41. The Morgan fingerprint density at radius 3 is 2.52 bits per heavy atom. The third-order valence-corrected chi connectivity index (χ3v) is 3.75. The topological polar surface area (TPSA) is 79.5 Å². The van der Waals surface area contributed by atoms with Crippen molar-refractivity contribution in [3.05, 3.63) is 59.9 Å². The summed E-state index contributed by atoms with van der Waals surface area (Å²) in [6.45, 7) is 0.945. The van der Waals surface area contributed by atoms with Gasteiger partial charge in [-0.1, -0.05) is 18.2 Å². The zero-order valence-corrected chi connectivity index (χ0v) is 14.0. The first-order valence-corrected chi connectivity index (χ1v) is 7.27. The fraction of sp³-hybridized carbons (Fsp3) is 0.250. The second-order valence-corrected chi connectivity index (χ2v) is 5.31. The Bertz CT molecular complexity index is 613. The van der Waals surface area contributed by atoms with Crippen molar-refractivity contribution in [2.24, 2.45) is 5.73 Å². The zero-order chi connectivity index (χ0) is 15.9. The van der Waals surface area contributed by atoms with Crippen LogP contribution in [0.3, 0.4) is 0 Å². The molecule has 1 aromatic heterocycles. The number of rotatable bonds is 3. The maximum atomic E-state index is 10.2. The van der Waals surface area contributed by atoms with E-state index in [9.17, 15) is 9.90 Å². The van der Waals surface area contributed by atoms with E-state index in [1.165, 1.54) is 23.6 Å². The van der Waals surface area contributed by atoms with Gasteiger partial charge in [0.1, 0.15) is 12.4 Å². The first kappa shape index (κ1) is 19.4. The average Bonchev–Trinajstić information content (AvgIpc) is 2.96. The number of nitrogens with two attached hydrogens (primary N) is 1. The molecular formula is C16H19Cl2N3O2. The summed E-state index contributed by atoms with van der Waals surface area (Å²) in [6.07, 6.45) is 3.74. The van der Waals surface area contributed by atoms with Gasteiger partial charge in [-0.25, -0.2) is 0 Å². The lowest BCUT2D eigenvalue weighted by molar-refractivity contribution is -0.111. The maximum Gasteiger partial charge on any atom is 0.139 e. The molecule has 2 aromatic rings. The van der Waals surface area contributed by atoms with Crippen LogP contribution in [-0.4, -0.2) is 29.0 Å². The largest absolute Gasteiger partial charge is 0.386 e. The van der Waals surface area contributed by atoms with Gasteiger partial charge >= 0.3 is 0 Å². The number of pyridine rings is 1. The molecule has 0 aliphatic carbocycles. The van der Waals surface area contributed by atoms with E-state index < -0.39 is 12.1 Å². The van der Waals surface area contributed by atoms with Crippen LogP contribution in [0.15, 0.2) is 48.8 Å². The molecule has 3 rings (SSSR count). The van der Waals surface area contributed by atoms with Crippen LogP contribution >= 0.6 is 24.2 Å². The molecule has 1 aromatic carbocycles. The Kier molecular flexibility index (Phi) is 7.98. The fourth-order valence-electron chi connectivity index (χ4n) is 2.16. The summed E-state index contributed by atoms with van der Waals surface area (Å²) in [4.78, 5) is 14.0. The minimum atomic E-state index is -0.939. The molecule has 0 amide bonds. The highest BCUT2D eigenvalue weighted by molar-refractivity contribution is 6.26. The number of anilines is 1. The van der Waals surface area contributed by atoms with E-state index >= 15 is 0 Å². The highest BCUT2D eigenvalue weighted by atomic mass is 35.5. The van der Waals surface area contributed by atoms with Crippen LogP contribution in [0.4, 0.5) is 5.69 Å². The first-order valence-electron chi connectivity index (χ1n) is 6.93. The van der Waals surface area contributed by atoms with Crippen molar-refractivity contribution in [2.75, 3.05) is 11.0 Å². The molecule has 23 heavy (non-hydrogen) atoms. The molecule has 7 heteroatoms. The second kappa shape index (κ2) is 9.47. The van der Waals surface area contributed by atoms with Crippen molar-refractivity contribution in [1.82, 2.24) is 4.98 Å². The summed E-state index contributed by atoms with van der Waals surface area (Å²) in [7, 11) is 0. The normalized spacial score (nSPS) is 14.7. The number of fused-ring (bicyclic) bond motifs is 1. The van der Waals surface area contributed by atoms with E-state index in [2.05, 4.69) is 23.2 Å². The van der Waals surface area contributed by atoms with E-state index in [-0.39, 0.29) is 12.4 Å². The van der Waals surface area contributed by atoms with Crippen molar-refractivity contribution in [3.8, 4) is 0 Å². The molecule has 1 aliphatic rings. The summed E-state index contributed by atoms with van der Waals surface area (Å²) >= 11 is 5.88. The van der Waals surface area contributed by atoms with E-state index in [4.69, 9.17) is 17.5 Å². The molecule has 1 aliphatic heterocycles. The SMILES string of the molecule is Cl.ClN1CCc2ccccc21.NC(C=O)C(O)c1ccncc1. The van der Waals surface area contributed by atoms with Crippen LogP contribution in [0.25, 0.3) is 0 Å². The predicted molar refractivity (Wildman–Crippen MR) is 93.8 cm³/mol. The van der Waals surface area contributed by atoms with Crippen molar-refractivity contribution in [1.29, 1.82) is 0 Å². The van der Waals surface area contributed by atoms with E-state index in [1.807, 2.05) is 6.07 Å². The smallest absolute Gasteiger partial charge is 0.139 e. The number of carbonyl (C=O) groups excluding carboxylic acids is 1. The van der Waals surface area contributed by atoms with Crippen LogP contribution in [0.5, 0.6) is 0 Å². The van der Waals surface area contributed by atoms with Gasteiger partial charge in [-0.15, -0.1) is 12.4 Å². The minimum absolute atomic E-state index is 0. The fourth-order valence-corrected chi connectivity index (χ4v) is 2.40. The second-order valence-electron chi connectivity index (χ2n) is 4.90. The van der Waals surface area contributed by atoms with Crippen molar-refractivity contribution in [3.63, 3.8) is 0 Å². The first-order chi connectivity index (χ1) is 10.6. The summed E-state index contributed by atoms with van der Waals surface area (Å²) in [5.41, 5.74) is 8.44. The number of aldehydes is 1. The minimum Gasteiger partial charge on any atom is -0.386 e. The molecule has 2 heterocycles. The Hall–Kier alpha value is -1.66. The van der Waals surface area contributed by atoms with Crippen molar-refractivity contribution < 1.29 is 9.90 Å². The molecule has 124 valence electrons. The third kappa shape index (κ3) is 5.18. The number of halogens is 2. The Morgan fingerprint density at radius 2 is 1.91 bits per heavy atom. The molecule has 0 saturated heterocycles. The average molecular weight is 356 g/mol. The van der Waals surface area contributed by atoms with Gasteiger partial charge in [-0.05, 0) is 35.7 Å². The lowest BCUT2D eigenvalue weighted by atomic mass is 10.1. The highest BCUT2D eigenvalue weighted by Gasteiger charge is 2.15. The molecule has 3 N–H and O–H groups in total. The van der Waals surface area contributed by atoms with Gasteiger partial charge in [0.2, 0.25) is 0 Å². The lowest BCUT2D eigenvalue weighted by Crippen LogP contribution is -2.29. The number of aliphatic hydroxyl groups is 1. The van der Waals surface area contributed by atoms with Gasteiger partial charge in [-0.3, -0.25) is 9.40 Å². The number of aliphatic hydroxyl groups excluding tert-OH is 1. The van der Waals surface area contributed by atoms with Crippen LogP contribution in [0.1, 0.15) is 17.2 Å². The molecule has 0 bridgehead atoms. The monoisotopic (exact) mass is 355 g/mol. The van der Waals surface area contributed by atoms with Gasteiger partial charge in [0.05, 0.1) is 11.7 Å². The number of nitrogens with zero attached hydrogens (tertiary/aromatic N) is 2. The molecule has 0 saturated carbocycles.